The Hall–Kier alpha value is -4.07. The van der Waals surface area contributed by atoms with E-state index in [0.29, 0.717) is 22.6 Å². The molecule has 238 valence electrons. The molecule has 0 spiro atoms. The van der Waals surface area contributed by atoms with Gasteiger partial charge < -0.3 is 18.9 Å². The summed E-state index contributed by atoms with van der Waals surface area (Å²) in [5.74, 6) is 0.300. The number of benzene rings is 3. The van der Waals surface area contributed by atoms with Crippen LogP contribution in [0, 0.1) is 11.7 Å². The lowest BCUT2D eigenvalue weighted by molar-refractivity contribution is -0.131. The molecule has 0 saturated heterocycles. The van der Waals surface area contributed by atoms with E-state index in [1.807, 2.05) is 18.2 Å². The first-order chi connectivity index (χ1) is 21.7. The van der Waals surface area contributed by atoms with Crippen LogP contribution < -0.4 is 9.47 Å². The Bertz CT molecular complexity index is 1500. The first-order valence-electron chi connectivity index (χ1n) is 15.6. The average molecular weight is 615 g/mol. The normalized spacial score (nSPS) is 16.2. The molecule has 0 aromatic heterocycles. The summed E-state index contributed by atoms with van der Waals surface area (Å²) in [5, 5.41) is 0. The molecule has 3 aromatic carbocycles. The Labute approximate surface area is 265 Å². The van der Waals surface area contributed by atoms with E-state index in [4.69, 9.17) is 18.9 Å². The number of halogens is 1. The van der Waals surface area contributed by atoms with E-state index < -0.39 is 11.9 Å². The highest BCUT2D eigenvalue weighted by molar-refractivity contribution is 5.90. The largest absolute Gasteiger partial charge is 0.423 e. The molecule has 3 aromatic rings. The summed E-state index contributed by atoms with van der Waals surface area (Å²) >= 11 is 0. The van der Waals surface area contributed by atoms with Crippen LogP contribution >= 0.6 is 0 Å². The SMILES string of the molecule is C=C(COC)C(=O)Oc1ccc(-c2ccc(-c3ccc(OC(=O)C(=C)COC)cc3C3CCC(CCCC)CC3)cc2F)cc1. The number of carbonyl (C=O) groups excluding carboxylic acids is 2. The predicted molar refractivity (Wildman–Crippen MR) is 175 cm³/mol. The van der Waals surface area contributed by atoms with Gasteiger partial charge in [-0.25, -0.2) is 14.0 Å². The van der Waals surface area contributed by atoms with Crippen molar-refractivity contribution in [1.29, 1.82) is 0 Å². The molecule has 0 atom stereocenters. The number of carbonyl (C=O) groups is 2. The molecule has 0 aliphatic heterocycles. The Morgan fingerprint density at radius 2 is 1.31 bits per heavy atom. The minimum Gasteiger partial charge on any atom is -0.423 e. The Balaban J connectivity index is 1.58. The smallest absolute Gasteiger partial charge is 0.341 e. The van der Waals surface area contributed by atoms with Gasteiger partial charge in [-0.3, -0.25) is 0 Å². The molecule has 1 aliphatic carbocycles. The second-order valence-electron chi connectivity index (χ2n) is 11.7. The molecule has 0 N–H and O–H groups in total. The molecular weight excluding hydrogens is 571 g/mol. The molecule has 6 nitrogen and oxygen atoms in total. The average Bonchev–Trinajstić information content (AvgIpc) is 3.04. The maximum absolute atomic E-state index is 15.7. The molecule has 7 heteroatoms. The van der Waals surface area contributed by atoms with Crippen LogP contribution in [0.5, 0.6) is 11.5 Å². The van der Waals surface area contributed by atoms with Gasteiger partial charge >= 0.3 is 11.9 Å². The van der Waals surface area contributed by atoms with E-state index in [2.05, 4.69) is 20.1 Å². The van der Waals surface area contributed by atoms with Crippen LogP contribution in [0.3, 0.4) is 0 Å². The molecule has 1 saturated carbocycles. The second-order valence-corrected chi connectivity index (χ2v) is 11.7. The van der Waals surface area contributed by atoms with Gasteiger partial charge in [0.1, 0.15) is 17.3 Å². The monoisotopic (exact) mass is 614 g/mol. The van der Waals surface area contributed by atoms with Crippen molar-refractivity contribution in [2.45, 2.75) is 57.8 Å². The zero-order valence-electron chi connectivity index (χ0n) is 26.5. The van der Waals surface area contributed by atoms with Crippen molar-refractivity contribution in [2.75, 3.05) is 27.4 Å². The number of esters is 2. The van der Waals surface area contributed by atoms with Gasteiger partial charge in [-0.05, 0) is 90.1 Å². The Kier molecular flexibility index (Phi) is 12.2. The summed E-state index contributed by atoms with van der Waals surface area (Å²) in [6.07, 6.45) is 8.08. The lowest BCUT2D eigenvalue weighted by Crippen LogP contribution is -2.16. The minimum absolute atomic E-state index is 0.0778. The van der Waals surface area contributed by atoms with Crippen molar-refractivity contribution in [1.82, 2.24) is 0 Å². The molecule has 0 unspecified atom stereocenters. The number of unbranched alkanes of at least 4 members (excludes halogenated alkanes) is 1. The Morgan fingerprint density at radius 3 is 1.89 bits per heavy atom. The maximum atomic E-state index is 15.7. The quantitative estimate of drug-likeness (QED) is 0.103. The van der Waals surface area contributed by atoms with Crippen molar-refractivity contribution in [2.24, 2.45) is 5.92 Å². The predicted octanol–water partition coefficient (Wildman–Crippen LogP) is 8.84. The van der Waals surface area contributed by atoms with Crippen LogP contribution in [-0.2, 0) is 19.1 Å². The molecule has 0 heterocycles. The highest BCUT2D eigenvalue weighted by atomic mass is 19.1. The fraction of sp³-hybridized carbons (Fsp3) is 0.368. The topological polar surface area (TPSA) is 71.1 Å². The van der Waals surface area contributed by atoms with Gasteiger partial charge in [-0.1, -0.05) is 69.7 Å². The third kappa shape index (κ3) is 8.99. The minimum atomic E-state index is -0.578. The number of ether oxygens (including phenoxy) is 4. The summed E-state index contributed by atoms with van der Waals surface area (Å²) in [5.41, 5.74) is 4.25. The fourth-order valence-electron chi connectivity index (χ4n) is 5.90. The van der Waals surface area contributed by atoms with Gasteiger partial charge in [-0.15, -0.1) is 0 Å². The van der Waals surface area contributed by atoms with Gasteiger partial charge in [0.05, 0.1) is 24.4 Å². The molecule has 0 bridgehead atoms. The van der Waals surface area contributed by atoms with E-state index in [0.717, 1.165) is 48.3 Å². The van der Waals surface area contributed by atoms with Crippen LogP contribution in [0.4, 0.5) is 4.39 Å². The van der Waals surface area contributed by atoms with Crippen LogP contribution in [-0.4, -0.2) is 39.4 Å². The molecule has 0 amide bonds. The first kappa shape index (κ1) is 33.8. The standard InChI is InChI=1S/C38H43FO6/c1-6-7-8-27-9-11-29(12-10-27)35-22-32(45-38(41)26(3)24-43-5)18-20-33(35)30-15-19-34(36(39)21-30)28-13-16-31(17-14-28)44-37(40)25(2)23-42-4/h13-22,27,29H,2-3,6-12,23-24H2,1,4-5H3. The summed E-state index contributed by atoms with van der Waals surface area (Å²) in [6.45, 7) is 9.80. The van der Waals surface area contributed by atoms with E-state index in [9.17, 15) is 9.59 Å². The molecule has 1 aliphatic rings. The van der Waals surface area contributed by atoms with Crippen LogP contribution in [0.15, 0.2) is 85.0 Å². The number of methoxy groups -OCH3 is 2. The second kappa shape index (κ2) is 16.3. The van der Waals surface area contributed by atoms with Crippen molar-refractivity contribution >= 4 is 11.9 Å². The van der Waals surface area contributed by atoms with E-state index in [-0.39, 0.29) is 36.1 Å². The van der Waals surface area contributed by atoms with Gasteiger partial charge in [0, 0.05) is 19.8 Å². The lowest BCUT2D eigenvalue weighted by Gasteiger charge is -2.30. The number of hydrogen-bond donors (Lipinski definition) is 0. The number of rotatable bonds is 14. The lowest BCUT2D eigenvalue weighted by atomic mass is 9.75. The third-order valence-electron chi connectivity index (χ3n) is 8.36. The Morgan fingerprint density at radius 1 is 0.756 bits per heavy atom. The fourth-order valence-corrected chi connectivity index (χ4v) is 5.90. The van der Waals surface area contributed by atoms with Crippen LogP contribution in [0.25, 0.3) is 22.3 Å². The van der Waals surface area contributed by atoms with Crippen molar-refractivity contribution in [3.05, 3.63) is 96.3 Å². The molecule has 0 radical (unpaired) electrons. The third-order valence-corrected chi connectivity index (χ3v) is 8.36. The van der Waals surface area contributed by atoms with E-state index in [1.54, 1.807) is 42.5 Å². The molecular formula is C38H43FO6. The van der Waals surface area contributed by atoms with Crippen molar-refractivity contribution in [3.8, 4) is 33.8 Å². The zero-order chi connectivity index (χ0) is 32.3. The van der Waals surface area contributed by atoms with Crippen molar-refractivity contribution < 1.29 is 32.9 Å². The highest BCUT2D eigenvalue weighted by Gasteiger charge is 2.25. The number of hydrogen-bond acceptors (Lipinski definition) is 6. The summed E-state index contributed by atoms with van der Waals surface area (Å²) in [6, 6.07) is 17.5. The zero-order valence-corrected chi connectivity index (χ0v) is 26.5. The summed E-state index contributed by atoms with van der Waals surface area (Å²) in [4.78, 5) is 24.7. The van der Waals surface area contributed by atoms with Crippen LogP contribution in [0.2, 0.25) is 0 Å². The highest BCUT2D eigenvalue weighted by Crippen LogP contribution is 2.43. The van der Waals surface area contributed by atoms with Crippen molar-refractivity contribution in [3.63, 3.8) is 0 Å². The van der Waals surface area contributed by atoms with Gasteiger partial charge in [0.2, 0.25) is 0 Å². The van der Waals surface area contributed by atoms with Gasteiger partial charge in [0.15, 0.2) is 0 Å². The van der Waals surface area contributed by atoms with Gasteiger partial charge in [-0.2, -0.15) is 0 Å². The van der Waals surface area contributed by atoms with E-state index >= 15 is 4.39 Å². The molecule has 45 heavy (non-hydrogen) atoms. The summed E-state index contributed by atoms with van der Waals surface area (Å²) < 4.78 is 36.6. The van der Waals surface area contributed by atoms with Gasteiger partial charge in [0.25, 0.3) is 0 Å². The molecule has 4 rings (SSSR count). The van der Waals surface area contributed by atoms with E-state index in [1.165, 1.54) is 33.5 Å². The first-order valence-corrected chi connectivity index (χ1v) is 15.6. The van der Waals surface area contributed by atoms with Crippen LogP contribution in [0.1, 0.15) is 63.4 Å². The maximum Gasteiger partial charge on any atom is 0.341 e. The molecule has 1 fully saturated rings. The summed E-state index contributed by atoms with van der Waals surface area (Å²) in [7, 11) is 2.98.